The first kappa shape index (κ1) is 15.7. The largest absolute Gasteiger partial charge is 0.335 e. The summed E-state index contributed by atoms with van der Waals surface area (Å²) >= 11 is 0. The first-order valence-corrected chi connectivity index (χ1v) is 6.99. The maximum atomic E-state index is 12.5. The monoisotopic (exact) mass is 298 g/mol. The average molecular weight is 298 g/mol. The second kappa shape index (κ2) is 6.39. The molecular weight excluding hydrogens is 280 g/mol. The van der Waals surface area contributed by atoms with E-state index in [9.17, 15) is 14.9 Å². The molecule has 0 saturated carbocycles. The molecule has 0 radical (unpaired) electrons. The van der Waals surface area contributed by atoms with E-state index in [0.717, 1.165) is 5.56 Å². The summed E-state index contributed by atoms with van der Waals surface area (Å²) in [6, 6.07) is 14.1. The van der Waals surface area contributed by atoms with Crippen LogP contribution >= 0.6 is 0 Å². The van der Waals surface area contributed by atoms with Crippen molar-refractivity contribution in [3.8, 4) is 0 Å². The van der Waals surface area contributed by atoms with Gasteiger partial charge in [0, 0.05) is 24.2 Å². The van der Waals surface area contributed by atoms with Crippen LogP contribution in [-0.4, -0.2) is 22.8 Å². The third-order valence-electron chi connectivity index (χ3n) is 3.84. The van der Waals surface area contributed by atoms with E-state index < -0.39 is 4.92 Å². The van der Waals surface area contributed by atoms with Crippen molar-refractivity contribution in [1.29, 1.82) is 0 Å². The van der Waals surface area contributed by atoms with E-state index in [4.69, 9.17) is 0 Å². The van der Waals surface area contributed by atoms with Crippen LogP contribution in [0.2, 0.25) is 0 Å². The smallest absolute Gasteiger partial charge is 0.273 e. The Labute approximate surface area is 129 Å². The minimum atomic E-state index is -0.466. The van der Waals surface area contributed by atoms with Gasteiger partial charge < -0.3 is 4.90 Å². The van der Waals surface area contributed by atoms with E-state index in [1.54, 1.807) is 31.0 Å². The van der Waals surface area contributed by atoms with Gasteiger partial charge in [-0.1, -0.05) is 36.4 Å². The molecule has 1 amide bonds. The molecule has 0 aromatic heterocycles. The summed E-state index contributed by atoms with van der Waals surface area (Å²) in [6.07, 6.45) is 0. The van der Waals surface area contributed by atoms with Crippen molar-refractivity contribution in [2.24, 2.45) is 0 Å². The maximum Gasteiger partial charge on any atom is 0.273 e. The first-order valence-electron chi connectivity index (χ1n) is 6.99. The summed E-state index contributed by atoms with van der Waals surface area (Å²) in [5.41, 5.74) is 1.84. The minimum absolute atomic E-state index is 0.0355. The van der Waals surface area contributed by atoms with Gasteiger partial charge in [-0.2, -0.15) is 0 Å². The Bertz CT molecular complexity index is 698. The Balaban J connectivity index is 2.28. The van der Waals surface area contributed by atoms with Gasteiger partial charge in [0.1, 0.15) is 0 Å². The fourth-order valence-electron chi connectivity index (χ4n) is 2.27. The van der Waals surface area contributed by atoms with Crippen LogP contribution in [-0.2, 0) is 0 Å². The van der Waals surface area contributed by atoms with Crippen LogP contribution in [0, 0.1) is 17.0 Å². The lowest BCUT2D eigenvalue weighted by molar-refractivity contribution is -0.385. The molecular formula is C17H18N2O3. The lowest BCUT2D eigenvalue weighted by Gasteiger charge is -2.25. The van der Waals surface area contributed by atoms with Gasteiger partial charge >= 0.3 is 0 Å². The van der Waals surface area contributed by atoms with Crippen LogP contribution in [0.1, 0.15) is 34.5 Å². The van der Waals surface area contributed by atoms with Crippen LogP contribution in [0.5, 0.6) is 0 Å². The SMILES string of the molecule is Cc1ccc(C(=O)N(C)C(C)c2ccccc2)cc1[N+](=O)[O-]. The summed E-state index contributed by atoms with van der Waals surface area (Å²) in [6.45, 7) is 3.58. The number of carbonyl (C=O) groups is 1. The van der Waals surface area contributed by atoms with Crippen molar-refractivity contribution < 1.29 is 9.72 Å². The molecule has 0 heterocycles. The van der Waals surface area contributed by atoms with E-state index >= 15 is 0 Å². The van der Waals surface area contributed by atoms with Gasteiger partial charge in [-0.25, -0.2) is 0 Å². The molecule has 2 aromatic carbocycles. The molecule has 5 heteroatoms. The highest BCUT2D eigenvalue weighted by atomic mass is 16.6. The summed E-state index contributed by atoms with van der Waals surface area (Å²) in [5.74, 6) is -0.237. The molecule has 2 aromatic rings. The Morgan fingerprint density at radius 1 is 1.18 bits per heavy atom. The number of nitrogens with zero attached hydrogens (tertiary/aromatic N) is 2. The van der Waals surface area contributed by atoms with E-state index in [-0.39, 0.29) is 17.6 Å². The van der Waals surface area contributed by atoms with Crippen LogP contribution in [0.25, 0.3) is 0 Å². The highest BCUT2D eigenvalue weighted by Crippen LogP contribution is 2.24. The molecule has 22 heavy (non-hydrogen) atoms. The number of hydrogen-bond acceptors (Lipinski definition) is 3. The van der Waals surface area contributed by atoms with E-state index in [0.29, 0.717) is 11.1 Å². The Morgan fingerprint density at radius 2 is 1.82 bits per heavy atom. The molecule has 0 aliphatic rings. The normalized spacial score (nSPS) is 11.8. The van der Waals surface area contributed by atoms with Gasteiger partial charge in [-0.3, -0.25) is 14.9 Å². The van der Waals surface area contributed by atoms with Gasteiger partial charge in [0.2, 0.25) is 0 Å². The number of nitro benzene ring substituents is 1. The number of aryl methyl sites for hydroxylation is 1. The highest BCUT2D eigenvalue weighted by Gasteiger charge is 2.21. The molecule has 0 aliphatic heterocycles. The van der Waals surface area contributed by atoms with Crippen molar-refractivity contribution in [1.82, 2.24) is 4.90 Å². The van der Waals surface area contributed by atoms with Gasteiger partial charge in [0.25, 0.3) is 11.6 Å². The number of carbonyl (C=O) groups excluding carboxylic acids is 1. The summed E-state index contributed by atoms with van der Waals surface area (Å²) in [4.78, 5) is 24.7. The quantitative estimate of drug-likeness (QED) is 0.638. The minimum Gasteiger partial charge on any atom is -0.335 e. The predicted molar refractivity (Wildman–Crippen MR) is 84.8 cm³/mol. The van der Waals surface area contributed by atoms with Crippen molar-refractivity contribution in [2.45, 2.75) is 19.9 Å². The molecule has 2 rings (SSSR count). The molecule has 5 nitrogen and oxygen atoms in total. The van der Waals surface area contributed by atoms with Crippen LogP contribution < -0.4 is 0 Å². The lowest BCUT2D eigenvalue weighted by Crippen LogP contribution is -2.29. The fourth-order valence-corrected chi connectivity index (χ4v) is 2.27. The van der Waals surface area contributed by atoms with Gasteiger partial charge in [-0.05, 0) is 25.5 Å². The highest BCUT2D eigenvalue weighted by molar-refractivity contribution is 5.95. The zero-order valence-corrected chi connectivity index (χ0v) is 12.8. The molecule has 0 N–H and O–H groups in total. The Morgan fingerprint density at radius 3 is 2.41 bits per heavy atom. The third kappa shape index (κ3) is 3.14. The fraction of sp³-hybridized carbons (Fsp3) is 0.235. The van der Waals surface area contributed by atoms with Crippen LogP contribution in [0.4, 0.5) is 5.69 Å². The zero-order valence-electron chi connectivity index (χ0n) is 12.8. The molecule has 0 bridgehead atoms. The van der Waals surface area contributed by atoms with Crippen molar-refractivity contribution in [3.63, 3.8) is 0 Å². The standard InChI is InChI=1S/C17H18N2O3/c1-12-9-10-15(11-16(12)19(21)22)17(20)18(3)13(2)14-7-5-4-6-8-14/h4-11,13H,1-3H3. The number of amides is 1. The molecule has 0 fully saturated rings. The van der Waals surface area contributed by atoms with Crippen molar-refractivity contribution in [2.75, 3.05) is 7.05 Å². The average Bonchev–Trinajstić information content (AvgIpc) is 2.53. The van der Waals surface area contributed by atoms with Crippen LogP contribution in [0.3, 0.4) is 0 Å². The number of hydrogen-bond donors (Lipinski definition) is 0. The second-order valence-corrected chi connectivity index (χ2v) is 5.26. The molecule has 1 atom stereocenters. The third-order valence-corrected chi connectivity index (χ3v) is 3.84. The van der Waals surface area contributed by atoms with Gasteiger partial charge in [0.05, 0.1) is 11.0 Å². The summed E-state index contributed by atoms with van der Waals surface area (Å²) in [7, 11) is 1.70. The van der Waals surface area contributed by atoms with Gasteiger partial charge in [0.15, 0.2) is 0 Å². The van der Waals surface area contributed by atoms with E-state index in [2.05, 4.69) is 0 Å². The topological polar surface area (TPSA) is 63.5 Å². The van der Waals surface area contributed by atoms with Crippen molar-refractivity contribution in [3.05, 3.63) is 75.3 Å². The predicted octanol–water partition coefficient (Wildman–Crippen LogP) is 3.74. The maximum absolute atomic E-state index is 12.5. The van der Waals surface area contributed by atoms with Crippen LogP contribution in [0.15, 0.2) is 48.5 Å². The number of benzene rings is 2. The Kier molecular flexibility index (Phi) is 4.56. The first-order chi connectivity index (χ1) is 10.4. The molecule has 0 saturated heterocycles. The van der Waals surface area contributed by atoms with E-state index in [1.807, 2.05) is 37.3 Å². The molecule has 0 aliphatic carbocycles. The summed E-state index contributed by atoms with van der Waals surface area (Å²) < 4.78 is 0. The molecule has 0 spiro atoms. The summed E-state index contributed by atoms with van der Waals surface area (Å²) in [5, 5.41) is 11.0. The van der Waals surface area contributed by atoms with Crippen molar-refractivity contribution >= 4 is 11.6 Å². The number of rotatable bonds is 4. The molecule has 114 valence electrons. The van der Waals surface area contributed by atoms with E-state index in [1.165, 1.54) is 6.07 Å². The lowest BCUT2D eigenvalue weighted by atomic mass is 10.1. The number of nitro groups is 1. The van der Waals surface area contributed by atoms with Gasteiger partial charge in [-0.15, -0.1) is 0 Å². The molecule has 1 unspecified atom stereocenters. The second-order valence-electron chi connectivity index (χ2n) is 5.26. The Hall–Kier alpha value is -2.69. The zero-order chi connectivity index (χ0) is 16.3.